The van der Waals surface area contributed by atoms with E-state index < -0.39 is 8.07 Å². The van der Waals surface area contributed by atoms with Gasteiger partial charge < -0.3 is 9.64 Å². The van der Waals surface area contributed by atoms with E-state index in [1.807, 2.05) is 0 Å². The molecule has 0 amide bonds. The first-order chi connectivity index (χ1) is 16.4. The summed E-state index contributed by atoms with van der Waals surface area (Å²) >= 11 is 0. The van der Waals surface area contributed by atoms with Crippen molar-refractivity contribution in [2.45, 2.75) is 0 Å². The fourth-order valence-electron chi connectivity index (χ4n) is 5.68. The van der Waals surface area contributed by atoms with Gasteiger partial charge in [0.2, 0.25) is 0 Å². The van der Waals surface area contributed by atoms with E-state index in [0.717, 1.165) is 11.5 Å². The first-order valence-corrected chi connectivity index (χ1v) is 13.3. The van der Waals surface area contributed by atoms with Crippen molar-refractivity contribution in [2.24, 2.45) is 0 Å². The van der Waals surface area contributed by atoms with Crippen molar-refractivity contribution in [1.82, 2.24) is 0 Å². The number of ether oxygens (including phenoxy) is 1. The maximum atomic E-state index is 6.47. The third-order valence-corrected chi connectivity index (χ3v) is 11.8. The van der Waals surface area contributed by atoms with Gasteiger partial charge in [-0.05, 0) is 57.1 Å². The van der Waals surface area contributed by atoms with Crippen LogP contribution in [-0.4, -0.2) is 8.07 Å². The van der Waals surface area contributed by atoms with E-state index in [0.29, 0.717) is 0 Å². The SMILES string of the molecule is c1ccc(N2c3ccccc3[Si]3(c4ccccc4Oc4ccccc43)c3ccccc32)cc1. The molecule has 5 aromatic carbocycles. The summed E-state index contributed by atoms with van der Waals surface area (Å²) in [5.41, 5.74) is 3.68. The van der Waals surface area contributed by atoms with E-state index in [9.17, 15) is 0 Å². The molecule has 0 radical (unpaired) electrons. The molecular weight excluding hydrogens is 418 g/mol. The Morgan fingerprint density at radius 3 is 1.39 bits per heavy atom. The van der Waals surface area contributed by atoms with Gasteiger partial charge in [0.15, 0.2) is 8.07 Å². The summed E-state index contributed by atoms with van der Waals surface area (Å²) in [6.45, 7) is 0. The number of hydrogen-bond acceptors (Lipinski definition) is 2. The van der Waals surface area contributed by atoms with Gasteiger partial charge in [-0.25, -0.2) is 0 Å². The highest BCUT2D eigenvalue weighted by molar-refractivity contribution is 7.22. The van der Waals surface area contributed by atoms with Crippen LogP contribution in [-0.2, 0) is 0 Å². The zero-order valence-corrected chi connectivity index (χ0v) is 19.0. The van der Waals surface area contributed by atoms with Crippen LogP contribution in [0.25, 0.3) is 0 Å². The Balaban J connectivity index is 1.67. The average molecular weight is 440 g/mol. The smallest absolute Gasteiger partial charge is 0.192 e. The minimum Gasteiger partial charge on any atom is -0.458 e. The van der Waals surface area contributed by atoms with Gasteiger partial charge in [0.25, 0.3) is 0 Å². The highest BCUT2D eigenvalue weighted by atomic mass is 28.3. The molecule has 0 saturated heterocycles. The van der Waals surface area contributed by atoms with Crippen LogP contribution < -0.4 is 30.4 Å². The van der Waals surface area contributed by atoms with Gasteiger partial charge in [-0.15, -0.1) is 0 Å². The van der Waals surface area contributed by atoms with Crippen LogP contribution >= 0.6 is 0 Å². The highest BCUT2D eigenvalue weighted by Crippen LogP contribution is 2.40. The third-order valence-electron chi connectivity index (χ3n) is 6.91. The molecule has 0 N–H and O–H groups in total. The summed E-state index contributed by atoms with van der Waals surface area (Å²) < 4.78 is 6.47. The lowest BCUT2D eigenvalue weighted by Gasteiger charge is -2.47. The van der Waals surface area contributed by atoms with E-state index >= 15 is 0 Å². The largest absolute Gasteiger partial charge is 0.458 e. The van der Waals surface area contributed by atoms with Gasteiger partial charge in [0.1, 0.15) is 11.5 Å². The highest BCUT2D eigenvalue weighted by Gasteiger charge is 2.53. The molecule has 0 fully saturated rings. The van der Waals surface area contributed by atoms with Gasteiger partial charge in [0, 0.05) is 17.1 Å². The first-order valence-electron chi connectivity index (χ1n) is 11.3. The topological polar surface area (TPSA) is 12.5 Å². The summed E-state index contributed by atoms with van der Waals surface area (Å²) in [7, 11) is -2.59. The van der Waals surface area contributed by atoms with Crippen LogP contribution in [0.15, 0.2) is 127 Å². The molecular formula is C30H21NOSi. The molecule has 2 aliphatic heterocycles. The Bertz CT molecular complexity index is 1420. The lowest BCUT2D eigenvalue weighted by atomic mass is 10.2. The lowest BCUT2D eigenvalue weighted by Crippen LogP contribution is -2.78. The molecule has 33 heavy (non-hydrogen) atoms. The van der Waals surface area contributed by atoms with E-state index in [-0.39, 0.29) is 0 Å². The van der Waals surface area contributed by atoms with Crippen LogP contribution in [0.1, 0.15) is 0 Å². The molecule has 7 rings (SSSR count). The Morgan fingerprint density at radius 2 is 0.848 bits per heavy atom. The van der Waals surface area contributed by atoms with Gasteiger partial charge in [-0.1, -0.05) is 91.0 Å². The van der Waals surface area contributed by atoms with Crippen molar-refractivity contribution in [1.29, 1.82) is 0 Å². The zero-order valence-electron chi connectivity index (χ0n) is 18.0. The first kappa shape index (κ1) is 18.5. The molecule has 2 aliphatic rings. The van der Waals surface area contributed by atoms with Crippen molar-refractivity contribution in [3.05, 3.63) is 127 Å². The number of para-hydroxylation sites is 5. The van der Waals surface area contributed by atoms with Crippen molar-refractivity contribution in [2.75, 3.05) is 4.90 Å². The van der Waals surface area contributed by atoms with Crippen LogP contribution in [0.5, 0.6) is 11.5 Å². The predicted octanol–water partition coefficient (Wildman–Crippen LogP) is 4.95. The molecule has 2 nitrogen and oxygen atoms in total. The summed E-state index contributed by atoms with van der Waals surface area (Å²) in [4.78, 5) is 2.42. The zero-order chi connectivity index (χ0) is 21.8. The van der Waals surface area contributed by atoms with E-state index in [4.69, 9.17) is 4.74 Å². The Labute approximate surface area is 194 Å². The van der Waals surface area contributed by atoms with Crippen LogP contribution in [0.2, 0.25) is 0 Å². The molecule has 0 atom stereocenters. The molecule has 2 heterocycles. The van der Waals surface area contributed by atoms with Crippen molar-refractivity contribution in [3.63, 3.8) is 0 Å². The number of hydrogen-bond donors (Lipinski definition) is 0. The number of rotatable bonds is 1. The fraction of sp³-hybridized carbons (Fsp3) is 0. The minimum absolute atomic E-state index is 0.973. The molecule has 0 saturated carbocycles. The molecule has 3 heteroatoms. The average Bonchev–Trinajstić information content (AvgIpc) is 2.89. The van der Waals surface area contributed by atoms with Gasteiger partial charge in [0.05, 0.1) is 0 Å². The lowest BCUT2D eigenvalue weighted by molar-refractivity contribution is 0.487. The molecule has 156 valence electrons. The van der Waals surface area contributed by atoms with E-state index in [2.05, 4.69) is 132 Å². The predicted molar refractivity (Wildman–Crippen MR) is 138 cm³/mol. The number of anilines is 3. The second kappa shape index (κ2) is 6.96. The van der Waals surface area contributed by atoms with E-state index in [1.165, 1.54) is 37.8 Å². The van der Waals surface area contributed by atoms with Crippen molar-refractivity contribution in [3.8, 4) is 11.5 Å². The molecule has 1 spiro atoms. The molecule has 5 aromatic rings. The van der Waals surface area contributed by atoms with Crippen LogP contribution in [0.3, 0.4) is 0 Å². The standard InChI is InChI=1S/C30H21NOSi/c1-2-12-22(13-3-1)31-23-14-4-8-18-27(23)33(28-19-9-5-15-24(28)31)29-20-10-6-16-25(29)32-26-17-7-11-21-30(26)33/h1-21H. The maximum Gasteiger partial charge on any atom is 0.192 e. The van der Waals surface area contributed by atoms with Crippen molar-refractivity contribution < 1.29 is 4.74 Å². The number of benzene rings is 5. The summed E-state index contributed by atoms with van der Waals surface area (Å²) in [5.74, 6) is 1.95. The number of nitrogens with zero attached hydrogens (tertiary/aromatic N) is 1. The summed E-state index contributed by atoms with van der Waals surface area (Å²) in [6, 6.07) is 45.8. The molecule has 0 aliphatic carbocycles. The van der Waals surface area contributed by atoms with Gasteiger partial charge in [-0.2, -0.15) is 0 Å². The minimum atomic E-state index is -2.59. The molecule has 0 aromatic heterocycles. The Kier molecular flexibility index (Phi) is 3.90. The third kappa shape index (κ3) is 2.43. The van der Waals surface area contributed by atoms with Crippen molar-refractivity contribution >= 4 is 45.9 Å². The summed E-state index contributed by atoms with van der Waals surface area (Å²) in [5, 5.41) is 5.43. The van der Waals surface area contributed by atoms with Gasteiger partial charge >= 0.3 is 0 Å². The van der Waals surface area contributed by atoms with Crippen LogP contribution in [0, 0.1) is 0 Å². The van der Waals surface area contributed by atoms with Crippen LogP contribution in [0.4, 0.5) is 17.1 Å². The maximum absolute atomic E-state index is 6.47. The summed E-state index contributed by atoms with van der Waals surface area (Å²) in [6.07, 6.45) is 0. The Morgan fingerprint density at radius 1 is 0.424 bits per heavy atom. The number of fused-ring (bicyclic) bond motifs is 8. The Hall–Kier alpha value is -4.08. The second-order valence-electron chi connectivity index (χ2n) is 8.55. The second-order valence-corrected chi connectivity index (χ2v) is 12.2. The van der Waals surface area contributed by atoms with E-state index in [1.54, 1.807) is 0 Å². The fourth-order valence-corrected chi connectivity index (χ4v) is 11.0. The molecule has 0 unspecified atom stereocenters. The molecule has 0 bridgehead atoms. The normalized spacial score (nSPS) is 14.5. The quantitative estimate of drug-likeness (QED) is 0.336. The van der Waals surface area contributed by atoms with Gasteiger partial charge in [-0.3, -0.25) is 0 Å². The monoisotopic (exact) mass is 439 g/mol.